The largest absolute Gasteiger partial charge is 0.394 e. The average Bonchev–Trinajstić information content (AvgIpc) is 2.95. The molecule has 0 aromatic rings. The first-order chi connectivity index (χ1) is 19.3. The third kappa shape index (κ3) is 16.0. The van der Waals surface area contributed by atoms with Crippen LogP contribution in [-0.4, -0.2) is 87.5 Å². The van der Waals surface area contributed by atoms with Gasteiger partial charge in [-0.15, -0.1) is 0 Å². The van der Waals surface area contributed by atoms with Crippen molar-refractivity contribution in [3.8, 4) is 0 Å². The molecule has 238 valence electrons. The summed E-state index contributed by atoms with van der Waals surface area (Å²) in [6, 6.07) is -0.706. The van der Waals surface area contributed by atoms with Crippen molar-refractivity contribution in [1.82, 2.24) is 5.32 Å². The highest BCUT2D eigenvalue weighted by Crippen LogP contribution is 2.23. The maximum Gasteiger partial charge on any atom is 0.220 e. The van der Waals surface area contributed by atoms with Gasteiger partial charge in [0.25, 0.3) is 0 Å². The van der Waals surface area contributed by atoms with Crippen LogP contribution in [0.25, 0.3) is 0 Å². The molecule has 1 aliphatic rings. The molecule has 0 radical (unpaired) electrons. The summed E-state index contributed by atoms with van der Waals surface area (Å²) in [5.41, 5.74) is 0. The van der Waals surface area contributed by atoms with Gasteiger partial charge in [0.1, 0.15) is 24.4 Å². The highest BCUT2D eigenvalue weighted by Gasteiger charge is 2.44. The van der Waals surface area contributed by atoms with Gasteiger partial charge >= 0.3 is 0 Å². The first-order valence-electron chi connectivity index (χ1n) is 16.2. The van der Waals surface area contributed by atoms with E-state index in [4.69, 9.17) is 9.47 Å². The lowest BCUT2D eigenvalue weighted by Crippen LogP contribution is -2.60. The molecule has 1 fully saturated rings. The zero-order chi connectivity index (χ0) is 29.6. The van der Waals surface area contributed by atoms with E-state index in [-0.39, 0.29) is 12.5 Å². The number of hydrogen-bond donors (Lipinski definition) is 6. The number of nitrogens with one attached hydrogen (secondary N) is 1. The molecule has 0 spiro atoms. The molecule has 1 aliphatic heterocycles. The minimum absolute atomic E-state index is 0.135. The molecule has 6 N–H and O–H groups in total. The molecule has 1 heterocycles. The first kappa shape index (κ1) is 37.2. The van der Waals surface area contributed by atoms with Crippen LogP contribution in [0.3, 0.4) is 0 Å². The minimum Gasteiger partial charge on any atom is -0.394 e. The number of aliphatic hydroxyl groups excluding tert-OH is 5. The van der Waals surface area contributed by atoms with Crippen LogP contribution in [0.5, 0.6) is 0 Å². The summed E-state index contributed by atoms with van der Waals surface area (Å²) in [4.78, 5) is 12.7. The number of rotatable bonds is 25. The van der Waals surface area contributed by atoms with E-state index in [0.717, 1.165) is 38.5 Å². The van der Waals surface area contributed by atoms with Gasteiger partial charge in [-0.2, -0.15) is 0 Å². The van der Waals surface area contributed by atoms with E-state index in [1.807, 2.05) is 0 Å². The predicted octanol–water partition coefficient (Wildman–Crippen LogP) is 4.10. The number of carbonyl (C=O) groups is 1. The van der Waals surface area contributed by atoms with Gasteiger partial charge in [-0.3, -0.25) is 4.79 Å². The molecule has 0 aliphatic carbocycles. The van der Waals surface area contributed by atoms with Crippen LogP contribution >= 0.6 is 0 Å². The molecule has 0 saturated carbocycles. The quantitative estimate of drug-likeness (QED) is 0.0892. The van der Waals surface area contributed by atoms with E-state index in [1.54, 1.807) is 0 Å². The maximum absolute atomic E-state index is 12.7. The fourth-order valence-corrected chi connectivity index (χ4v) is 5.22. The van der Waals surface area contributed by atoms with E-state index >= 15 is 0 Å². The number of amides is 1. The summed E-state index contributed by atoms with van der Waals surface area (Å²) < 4.78 is 11.1. The average molecular weight is 576 g/mol. The molecule has 1 amide bonds. The number of hydrogen-bond acceptors (Lipinski definition) is 8. The summed E-state index contributed by atoms with van der Waals surface area (Å²) in [5.74, 6) is -0.155. The predicted molar refractivity (Wildman–Crippen MR) is 157 cm³/mol. The zero-order valence-corrected chi connectivity index (χ0v) is 25.4. The lowest BCUT2D eigenvalue weighted by Gasteiger charge is -2.40. The number of aliphatic hydroxyl groups is 5. The molecule has 0 bridgehead atoms. The van der Waals surface area contributed by atoms with Crippen molar-refractivity contribution < 1.29 is 39.8 Å². The Bertz CT molecular complexity index is 608. The Morgan fingerprint density at radius 3 is 1.77 bits per heavy atom. The van der Waals surface area contributed by atoms with Crippen molar-refractivity contribution in [2.75, 3.05) is 13.2 Å². The van der Waals surface area contributed by atoms with Crippen molar-refractivity contribution in [2.24, 2.45) is 0 Å². The lowest BCUT2D eigenvalue weighted by molar-refractivity contribution is -0.302. The highest BCUT2D eigenvalue weighted by molar-refractivity contribution is 5.76. The summed E-state index contributed by atoms with van der Waals surface area (Å²) in [6.45, 7) is 3.73. The van der Waals surface area contributed by atoms with Gasteiger partial charge in [-0.1, -0.05) is 117 Å². The van der Waals surface area contributed by atoms with Crippen LogP contribution in [0.15, 0.2) is 0 Å². The minimum atomic E-state index is -1.54. The number of unbranched alkanes of at least 4 members (excludes halogenated alkanes) is 15. The second-order valence-electron chi connectivity index (χ2n) is 11.6. The van der Waals surface area contributed by atoms with Gasteiger partial charge in [-0.25, -0.2) is 0 Å². The van der Waals surface area contributed by atoms with Crippen LogP contribution in [0.4, 0.5) is 0 Å². The molecular formula is C31H61NO8. The van der Waals surface area contributed by atoms with Crippen molar-refractivity contribution in [3.63, 3.8) is 0 Å². The van der Waals surface area contributed by atoms with E-state index < -0.39 is 49.5 Å². The van der Waals surface area contributed by atoms with Crippen molar-refractivity contribution in [1.29, 1.82) is 0 Å². The lowest BCUT2D eigenvalue weighted by atomic mass is 9.99. The van der Waals surface area contributed by atoms with Crippen molar-refractivity contribution in [3.05, 3.63) is 0 Å². The maximum atomic E-state index is 12.7. The van der Waals surface area contributed by atoms with E-state index in [9.17, 15) is 30.3 Å². The molecule has 1 saturated heterocycles. The van der Waals surface area contributed by atoms with Crippen molar-refractivity contribution in [2.45, 2.75) is 179 Å². The Hall–Kier alpha value is -0.810. The Kier molecular flexibility index (Phi) is 22.1. The second kappa shape index (κ2) is 23.7. The first-order valence-corrected chi connectivity index (χ1v) is 16.2. The summed E-state index contributed by atoms with van der Waals surface area (Å²) in [5, 5.41) is 53.6. The fraction of sp³-hybridized carbons (Fsp3) is 0.968. The Balaban J connectivity index is 2.51. The third-order valence-electron chi connectivity index (χ3n) is 7.96. The summed E-state index contributed by atoms with van der Waals surface area (Å²) in [6.07, 6.45) is 12.8. The number of ether oxygens (including phenoxy) is 2. The Labute approximate surface area is 243 Å². The smallest absolute Gasteiger partial charge is 0.220 e. The molecule has 40 heavy (non-hydrogen) atoms. The molecule has 2 unspecified atom stereocenters. The van der Waals surface area contributed by atoms with E-state index in [2.05, 4.69) is 19.2 Å². The Morgan fingerprint density at radius 1 is 0.750 bits per heavy atom. The second-order valence-corrected chi connectivity index (χ2v) is 11.6. The number of carbonyl (C=O) groups excluding carboxylic acids is 1. The molecule has 0 aromatic carbocycles. The van der Waals surface area contributed by atoms with Gasteiger partial charge in [0.15, 0.2) is 6.29 Å². The van der Waals surface area contributed by atoms with E-state index in [1.165, 1.54) is 70.6 Å². The summed E-state index contributed by atoms with van der Waals surface area (Å²) in [7, 11) is 0. The van der Waals surface area contributed by atoms with Crippen LogP contribution in [-0.2, 0) is 14.3 Å². The van der Waals surface area contributed by atoms with Crippen LogP contribution < -0.4 is 5.32 Å². The van der Waals surface area contributed by atoms with Crippen molar-refractivity contribution >= 4 is 5.91 Å². The molecule has 9 nitrogen and oxygen atoms in total. The van der Waals surface area contributed by atoms with Crippen LogP contribution in [0, 0.1) is 0 Å². The van der Waals surface area contributed by atoms with Gasteiger partial charge < -0.3 is 40.3 Å². The van der Waals surface area contributed by atoms with Gasteiger partial charge in [0.05, 0.1) is 25.4 Å². The zero-order valence-electron chi connectivity index (χ0n) is 25.4. The SMILES string of the molecule is CCCCCCCCCCCC[C@@H](O)[C@H](CO[C@@H]1O[C@H](CO)[C@@H](O)C(O)C1O)NC(=O)CCCCCCCCC. The normalized spacial score (nSPS) is 24.6. The molecule has 0 aromatic heterocycles. The molecular weight excluding hydrogens is 514 g/mol. The van der Waals surface area contributed by atoms with Gasteiger partial charge in [-0.05, 0) is 12.8 Å². The summed E-state index contributed by atoms with van der Waals surface area (Å²) >= 11 is 0. The highest BCUT2D eigenvalue weighted by atomic mass is 16.7. The third-order valence-corrected chi connectivity index (χ3v) is 7.96. The fourth-order valence-electron chi connectivity index (χ4n) is 5.22. The Morgan fingerprint density at radius 2 is 1.25 bits per heavy atom. The topological polar surface area (TPSA) is 149 Å². The van der Waals surface area contributed by atoms with Gasteiger partial charge in [0, 0.05) is 6.42 Å². The van der Waals surface area contributed by atoms with Gasteiger partial charge in [0.2, 0.25) is 5.91 Å². The molecule has 9 heteroatoms. The molecule has 7 atom stereocenters. The monoisotopic (exact) mass is 575 g/mol. The van der Waals surface area contributed by atoms with Crippen LogP contribution in [0.1, 0.15) is 136 Å². The molecule has 1 rings (SSSR count). The van der Waals surface area contributed by atoms with Crippen LogP contribution in [0.2, 0.25) is 0 Å². The van der Waals surface area contributed by atoms with E-state index in [0.29, 0.717) is 12.8 Å². The standard InChI is InChI=1S/C31H61NO8/c1-3-5-7-9-11-12-13-15-16-18-20-25(34)24(32-27(35)21-19-17-14-10-8-6-4-2)23-39-31-30(38)29(37)28(36)26(22-33)40-31/h24-26,28-31,33-34,36-38H,3-23H2,1-2H3,(H,32,35)/t24-,25+,26+,28+,29?,30?,31+/m0/s1.